The molecule has 0 fully saturated rings. The van der Waals surface area contributed by atoms with Crippen molar-refractivity contribution in [3.8, 4) is 0 Å². The van der Waals surface area contributed by atoms with Crippen LogP contribution in [0.15, 0.2) is 42.5 Å². The molecule has 0 aliphatic heterocycles. The molecule has 1 atom stereocenters. The minimum absolute atomic E-state index is 0.0481. The minimum Gasteiger partial charge on any atom is -0.310 e. The smallest absolute Gasteiger partial charge is 0.269 e. The summed E-state index contributed by atoms with van der Waals surface area (Å²) < 4.78 is 0. The lowest BCUT2D eigenvalue weighted by molar-refractivity contribution is -0.384. The first-order valence-electron chi connectivity index (χ1n) is 6.15. The standard InChI is InChI=1S/C14H12ClN3O3/c1-9(10-4-2-5-11(8-10)18(20)21)14(19)17-13-7-3-6-12(15)16-13/h2-9H,1H3,(H,16,17,19). The molecular formula is C14H12ClN3O3. The monoisotopic (exact) mass is 305 g/mol. The molecule has 1 unspecified atom stereocenters. The highest BCUT2D eigenvalue weighted by Crippen LogP contribution is 2.22. The fourth-order valence-electron chi connectivity index (χ4n) is 1.77. The Balaban J connectivity index is 2.15. The fraction of sp³-hybridized carbons (Fsp3) is 0.143. The lowest BCUT2D eigenvalue weighted by Crippen LogP contribution is -2.19. The summed E-state index contributed by atoms with van der Waals surface area (Å²) in [6.45, 7) is 1.67. The molecule has 0 aliphatic rings. The third-order valence-corrected chi connectivity index (χ3v) is 3.15. The second kappa shape index (κ2) is 6.32. The van der Waals surface area contributed by atoms with Gasteiger partial charge in [-0.3, -0.25) is 14.9 Å². The number of nitrogens with one attached hydrogen (secondary N) is 1. The van der Waals surface area contributed by atoms with Gasteiger partial charge >= 0.3 is 0 Å². The van der Waals surface area contributed by atoms with Gasteiger partial charge in [0.25, 0.3) is 5.69 Å². The zero-order valence-corrected chi connectivity index (χ0v) is 11.9. The van der Waals surface area contributed by atoms with E-state index in [4.69, 9.17) is 11.6 Å². The van der Waals surface area contributed by atoms with E-state index >= 15 is 0 Å². The first kappa shape index (κ1) is 14.9. The molecule has 108 valence electrons. The Morgan fingerprint density at radius 3 is 2.71 bits per heavy atom. The normalized spacial score (nSPS) is 11.7. The number of halogens is 1. The Morgan fingerprint density at radius 1 is 1.33 bits per heavy atom. The number of amides is 1. The van der Waals surface area contributed by atoms with Crippen molar-refractivity contribution in [3.05, 3.63) is 63.3 Å². The lowest BCUT2D eigenvalue weighted by atomic mass is 10.00. The van der Waals surface area contributed by atoms with Gasteiger partial charge in [-0.1, -0.05) is 29.8 Å². The Kier molecular flexibility index (Phi) is 4.49. The summed E-state index contributed by atoms with van der Waals surface area (Å²) >= 11 is 5.74. The van der Waals surface area contributed by atoms with E-state index in [0.717, 1.165) is 0 Å². The maximum atomic E-state index is 12.1. The maximum Gasteiger partial charge on any atom is 0.269 e. The number of non-ortho nitro benzene ring substituents is 1. The van der Waals surface area contributed by atoms with Crippen LogP contribution in [0.25, 0.3) is 0 Å². The van der Waals surface area contributed by atoms with Crippen molar-refractivity contribution < 1.29 is 9.72 Å². The van der Waals surface area contributed by atoms with E-state index in [1.165, 1.54) is 12.1 Å². The summed E-state index contributed by atoms with van der Waals surface area (Å²) in [5, 5.41) is 13.7. The molecule has 21 heavy (non-hydrogen) atoms. The second-order valence-corrected chi connectivity index (χ2v) is 4.80. The van der Waals surface area contributed by atoms with Crippen LogP contribution in [0, 0.1) is 10.1 Å². The molecule has 0 bridgehead atoms. The molecule has 0 saturated heterocycles. The number of hydrogen-bond acceptors (Lipinski definition) is 4. The molecule has 0 spiro atoms. The predicted molar refractivity (Wildman–Crippen MR) is 79.4 cm³/mol. The van der Waals surface area contributed by atoms with E-state index < -0.39 is 10.8 Å². The molecule has 1 heterocycles. The van der Waals surface area contributed by atoms with Crippen LogP contribution in [0.3, 0.4) is 0 Å². The molecule has 1 aromatic carbocycles. The van der Waals surface area contributed by atoms with Crippen molar-refractivity contribution in [1.82, 2.24) is 4.98 Å². The van der Waals surface area contributed by atoms with Crippen LogP contribution in [0.4, 0.5) is 11.5 Å². The number of hydrogen-bond donors (Lipinski definition) is 1. The van der Waals surface area contributed by atoms with Gasteiger partial charge in [-0.2, -0.15) is 0 Å². The van der Waals surface area contributed by atoms with Crippen molar-refractivity contribution in [2.24, 2.45) is 0 Å². The number of rotatable bonds is 4. The first-order chi connectivity index (χ1) is 9.97. The van der Waals surface area contributed by atoms with Gasteiger partial charge in [0.15, 0.2) is 0 Å². The molecule has 2 rings (SSSR count). The third kappa shape index (κ3) is 3.76. The zero-order chi connectivity index (χ0) is 15.4. The van der Waals surface area contributed by atoms with Crippen LogP contribution >= 0.6 is 11.6 Å². The van der Waals surface area contributed by atoms with Gasteiger partial charge in [0.05, 0.1) is 10.8 Å². The summed E-state index contributed by atoms with van der Waals surface area (Å²) in [5.41, 5.74) is 0.511. The number of pyridine rings is 1. The van der Waals surface area contributed by atoms with E-state index in [1.807, 2.05) is 0 Å². The topological polar surface area (TPSA) is 85.1 Å². The molecule has 1 N–H and O–H groups in total. The van der Waals surface area contributed by atoms with Gasteiger partial charge in [-0.25, -0.2) is 4.98 Å². The second-order valence-electron chi connectivity index (χ2n) is 4.41. The summed E-state index contributed by atoms with van der Waals surface area (Å²) in [5.74, 6) is -0.527. The number of nitro benzene ring substituents is 1. The minimum atomic E-state index is -0.550. The largest absolute Gasteiger partial charge is 0.310 e. The first-order valence-corrected chi connectivity index (χ1v) is 6.53. The van der Waals surface area contributed by atoms with E-state index in [0.29, 0.717) is 11.4 Å². The van der Waals surface area contributed by atoms with E-state index in [1.54, 1.807) is 37.3 Å². The molecule has 2 aromatic rings. The Labute approximate surface area is 125 Å². The quantitative estimate of drug-likeness (QED) is 0.533. The van der Waals surface area contributed by atoms with Gasteiger partial charge < -0.3 is 5.32 Å². The number of nitrogens with zero attached hydrogens (tertiary/aromatic N) is 2. The summed E-state index contributed by atoms with van der Waals surface area (Å²) in [6.07, 6.45) is 0. The lowest BCUT2D eigenvalue weighted by Gasteiger charge is -2.12. The SMILES string of the molecule is CC(C(=O)Nc1cccc(Cl)n1)c1cccc([N+](=O)[O-])c1. The van der Waals surface area contributed by atoms with Crippen molar-refractivity contribution in [3.63, 3.8) is 0 Å². The summed E-state index contributed by atoms with van der Waals surface area (Å²) in [6, 6.07) is 10.9. The molecule has 6 nitrogen and oxygen atoms in total. The number of anilines is 1. The van der Waals surface area contributed by atoms with Crippen molar-refractivity contribution in [2.45, 2.75) is 12.8 Å². The highest BCUT2D eigenvalue weighted by atomic mass is 35.5. The number of aromatic nitrogens is 1. The molecule has 1 amide bonds. The Bertz CT molecular complexity index is 691. The van der Waals surface area contributed by atoms with Crippen LogP contribution in [0.2, 0.25) is 5.15 Å². The summed E-state index contributed by atoms with van der Waals surface area (Å²) in [7, 11) is 0. The van der Waals surface area contributed by atoms with Gasteiger partial charge in [0.1, 0.15) is 11.0 Å². The average molecular weight is 306 g/mol. The van der Waals surface area contributed by atoms with Crippen LogP contribution in [0.5, 0.6) is 0 Å². The van der Waals surface area contributed by atoms with E-state index in [2.05, 4.69) is 10.3 Å². The molecule has 0 radical (unpaired) electrons. The molecular weight excluding hydrogens is 294 g/mol. The van der Waals surface area contributed by atoms with Crippen molar-refractivity contribution in [1.29, 1.82) is 0 Å². The Hall–Kier alpha value is -2.47. The molecule has 0 saturated carbocycles. The van der Waals surface area contributed by atoms with Crippen LogP contribution < -0.4 is 5.32 Å². The predicted octanol–water partition coefficient (Wildman–Crippen LogP) is 3.39. The number of benzene rings is 1. The van der Waals surface area contributed by atoms with Gasteiger partial charge in [0.2, 0.25) is 5.91 Å². The van der Waals surface area contributed by atoms with Crippen molar-refractivity contribution >= 4 is 29.0 Å². The highest BCUT2D eigenvalue weighted by molar-refractivity contribution is 6.29. The fourth-order valence-corrected chi connectivity index (χ4v) is 1.94. The molecule has 0 aliphatic carbocycles. The molecule has 7 heteroatoms. The number of carbonyl (C=O) groups excluding carboxylic acids is 1. The van der Waals surface area contributed by atoms with Gasteiger partial charge in [-0.05, 0) is 24.6 Å². The van der Waals surface area contributed by atoms with Crippen LogP contribution in [-0.4, -0.2) is 15.8 Å². The highest BCUT2D eigenvalue weighted by Gasteiger charge is 2.18. The summed E-state index contributed by atoms with van der Waals surface area (Å²) in [4.78, 5) is 26.4. The zero-order valence-electron chi connectivity index (χ0n) is 11.1. The maximum absolute atomic E-state index is 12.1. The van der Waals surface area contributed by atoms with Crippen LogP contribution in [-0.2, 0) is 4.79 Å². The van der Waals surface area contributed by atoms with Gasteiger partial charge in [0, 0.05) is 12.1 Å². The third-order valence-electron chi connectivity index (χ3n) is 2.94. The average Bonchev–Trinajstić information content (AvgIpc) is 2.46. The van der Waals surface area contributed by atoms with E-state index in [-0.39, 0.29) is 16.7 Å². The van der Waals surface area contributed by atoms with Crippen molar-refractivity contribution in [2.75, 3.05) is 5.32 Å². The van der Waals surface area contributed by atoms with Crippen LogP contribution in [0.1, 0.15) is 18.4 Å². The molecule has 1 aromatic heterocycles. The number of nitro groups is 1. The number of carbonyl (C=O) groups is 1. The Morgan fingerprint density at radius 2 is 2.05 bits per heavy atom. The van der Waals surface area contributed by atoms with Gasteiger partial charge in [-0.15, -0.1) is 0 Å². The van der Waals surface area contributed by atoms with E-state index in [9.17, 15) is 14.9 Å².